The Balaban J connectivity index is 1.68. The molecule has 1 spiro atoms. The van der Waals surface area contributed by atoms with E-state index in [1.165, 1.54) is 0 Å². The Morgan fingerprint density at radius 1 is 1.40 bits per heavy atom. The number of thiocarbonyl (C=S) groups is 1. The van der Waals surface area contributed by atoms with Gasteiger partial charge in [0.25, 0.3) is 0 Å². The number of rotatable bonds is 3. The van der Waals surface area contributed by atoms with Crippen LogP contribution in [0, 0.1) is 0 Å². The van der Waals surface area contributed by atoms with E-state index in [0.29, 0.717) is 11.6 Å². The lowest BCUT2D eigenvalue weighted by molar-refractivity contribution is -0.112. The Morgan fingerprint density at radius 3 is 3.05 bits per heavy atom. The Kier molecular flexibility index (Phi) is 3.92. The van der Waals surface area contributed by atoms with Crippen LogP contribution in [0.25, 0.3) is 0 Å². The van der Waals surface area contributed by atoms with Crippen molar-refractivity contribution in [2.75, 3.05) is 19.8 Å². The van der Waals surface area contributed by atoms with Gasteiger partial charge >= 0.3 is 0 Å². The van der Waals surface area contributed by atoms with Gasteiger partial charge in [-0.3, -0.25) is 0 Å². The molecule has 2 aliphatic rings. The van der Waals surface area contributed by atoms with E-state index in [9.17, 15) is 0 Å². The highest BCUT2D eigenvalue weighted by Crippen LogP contribution is 2.34. The fourth-order valence-electron chi connectivity index (χ4n) is 2.86. The van der Waals surface area contributed by atoms with Crippen LogP contribution < -0.4 is 10.5 Å². The molecule has 1 aromatic carbocycles. The lowest BCUT2D eigenvalue weighted by Gasteiger charge is -2.37. The molecular weight excluding hydrogens is 274 g/mol. The van der Waals surface area contributed by atoms with Crippen LogP contribution >= 0.6 is 12.2 Å². The summed E-state index contributed by atoms with van der Waals surface area (Å²) in [5.74, 6) is 0.816. The van der Waals surface area contributed by atoms with Crippen LogP contribution in [0.5, 0.6) is 5.75 Å². The molecule has 3 rings (SSSR count). The predicted octanol–water partition coefficient (Wildman–Crippen LogP) is 2.04. The van der Waals surface area contributed by atoms with Gasteiger partial charge in [0, 0.05) is 31.4 Å². The lowest BCUT2D eigenvalue weighted by atomic mass is 9.91. The zero-order valence-corrected chi connectivity index (χ0v) is 12.2. The SMILES string of the molecule is NC(=S)c1cccc(OC2CCOC3(CCOC3)C2)c1. The van der Waals surface area contributed by atoms with E-state index in [-0.39, 0.29) is 11.7 Å². The van der Waals surface area contributed by atoms with E-state index in [4.69, 9.17) is 32.2 Å². The van der Waals surface area contributed by atoms with Crippen molar-refractivity contribution in [3.8, 4) is 5.75 Å². The van der Waals surface area contributed by atoms with Gasteiger partial charge in [-0.25, -0.2) is 0 Å². The highest BCUT2D eigenvalue weighted by molar-refractivity contribution is 7.80. The van der Waals surface area contributed by atoms with Crippen molar-refractivity contribution in [1.29, 1.82) is 0 Å². The van der Waals surface area contributed by atoms with Crippen molar-refractivity contribution >= 4 is 17.2 Å². The zero-order chi connectivity index (χ0) is 14.0. The highest BCUT2D eigenvalue weighted by Gasteiger charge is 2.41. The van der Waals surface area contributed by atoms with Gasteiger partial charge in [0.1, 0.15) is 16.8 Å². The number of hydrogen-bond acceptors (Lipinski definition) is 4. The first-order chi connectivity index (χ1) is 9.67. The van der Waals surface area contributed by atoms with Crippen molar-refractivity contribution in [2.45, 2.75) is 31.0 Å². The fraction of sp³-hybridized carbons (Fsp3) is 0.533. The van der Waals surface area contributed by atoms with Gasteiger partial charge in [0.15, 0.2) is 0 Å². The molecule has 2 fully saturated rings. The number of benzene rings is 1. The van der Waals surface area contributed by atoms with E-state index in [1.807, 2.05) is 24.3 Å². The van der Waals surface area contributed by atoms with Crippen molar-refractivity contribution in [1.82, 2.24) is 0 Å². The van der Waals surface area contributed by atoms with E-state index in [0.717, 1.165) is 43.8 Å². The Morgan fingerprint density at radius 2 is 2.30 bits per heavy atom. The second-order valence-corrected chi connectivity index (χ2v) is 5.90. The molecule has 4 nitrogen and oxygen atoms in total. The minimum Gasteiger partial charge on any atom is -0.490 e. The van der Waals surface area contributed by atoms with E-state index in [1.54, 1.807) is 0 Å². The maximum Gasteiger partial charge on any atom is 0.120 e. The van der Waals surface area contributed by atoms with Gasteiger partial charge in [-0.05, 0) is 12.1 Å². The minimum atomic E-state index is -0.135. The molecule has 2 saturated heterocycles. The van der Waals surface area contributed by atoms with E-state index in [2.05, 4.69) is 0 Å². The summed E-state index contributed by atoms with van der Waals surface area (Å²) in [5, 5.41) is 0. The number of ether oxygens (including phenoxy) is 3. The highest BCUT2D eigenvalue weighted by atomic mass is 32.1. The van der Waals surface area contributed by atoms with Gasteiger partial charge in [0.2, 0.25) is 0 Å². The number of hydrogen-bond donors (Lipinski definition) is 1. The standard InChI is InChI=1S/C15H19NO3S/c16-14(20)11-2-1-3-12(8-11)19-13-4-6-18-15(9-13)5-7-17-10-15/h1-3,8,13H,4-7,9-10H2,(H2,16,20). The van der Waals surface area contributed by atoms with Crippen molar-refractivity contribution in [2.24, 2.45) is 5.73 Å². The monoisotopic (exact) mass is 293 g/mol. The van der Waals surface area contributed by atoms with Crippen LogP contribution in [0.1, 0.15) is 24.8 Å². The van der Waals surface area contributed by atoms with Crippen LogP contribution in [0.15, 0.2) is 24.3 Å². The quantitative estimate of drug-likeness (QED) is 0.864. The molecule has 20 heavy (non-hydrogen) atoms. The fourth-order valence-corrected chi connectivity index (χ4v) is 2.99. The molecule has 2 atom stereocenters. The molecule has 0 aromatic heterocycles. The van der Waals surface area contributed by atoms with Gasteiger partial charge < -0.3 is 19.9 Å². The van der Waals surface area contributed by atoms with Crippen LogP contribution in [0.3, 0.4) is 0 Å². The first kappa shape index (κ1) is 13.8. The normalized spacial score (nSPS) is 29.5. The first-order valence-electron chi connectivity index (χ1n) is 6.95. The summed E-state index contributed by atoms with van der Waals surface area (Å²) in [6, 6.07) is 7.65. The lowest BCUT2D eigenvalue weighted by Crippen LogP contribution is -2.44. The molecule has 2 unspecified atom stereocenters. The third-order valence-corrected chi connectivity index (χ3v) is 4.17. The van der Waals surface area contributed by atoms with Crippen molar-refractivity contribution in [3.05, 3.63) is 29.8 Å². The maximum absolute atomic E-state index is 6.08. The number of nitrogens with two attached hydrogens (primary N) is 1. The average molecular weight is 293 g/mol. The van der Waals surface area contributed by atoms with Crippen LogP contribution in [-0.2, 0) is 9.47 Å². The first-order valence-corrected chi connectivity index (χ1v) is 7.36. The van der Waals surface area contributed by atoms with Crippen LogP contribution in [-0.4, -0.2) is 36.5 Å². The predicted molar refractivity (Wildman–Crippen MR) is 80.1 cm³/mol. The molecule has 0 radical (unpaired) electrons. The van der Waals surface area contributed by atoms with Crippen molar-refractivity contribution < 1.29 is 14.2 Å². The molecule has 2 heterocycles. The molecule has 0 bridgehead atoms. The Labute approximate surface area is 124 Å². The van der Waals surface area contributed by atoms with Crippen molar-refractivity contribution in [3.63, 3.8) is 0 Å². The Bertz CT molecular complexity index is 500. The van der Waals surface area contributed by atoms with E-state index >= 15 is 0 Å². The zero-order valence-electron chi connectivity index (χ0n) is 11.3. The summed E-state index contributed by atoms with van der Waals surface area (Å²) < 4.78 is 17.5. The summed E-state index contributed by atoms with van der Waals surface area (Å²) in [6.45, 7) is 2.19. The molecule has 5 heteroatoms. The Hall–Kier alpha value is -1.17. The summed E-state index contributed by atoms with van der Waals surface area (Å²) in [7, 11) is 0. The van der Waals surface area contributed by atoms with Gasteiger partial charge in [0.05, 0.1) is 18.8 Å². The maximum atomic E-state index is 6.08. The van der Waals surface area contributed by atoms with Gasteiger partial charge in [-0.2, -0.15) is 0 Å². The molecule has 0 saturated carbocycles. The third-order valence-electron chi connectivity index (χ3n) is 3.94. The van der Waals surface area contributed by atoms with Crippen LogP contribution in [0.4, 0.5) is 0 Å². The summed E-state index contributed by atoms with van der Waals surface area (Å²) >= 11 is 4.99. The van der Waals surface area contributed by atoms with E-state index < -0.39 is 0 Å². The largest absolute Gasteiger partial charge is 0.490 e. The van der Waals surface area contributed by atoms with Gasteiger partial charge in [-0.15, -0.1) is 0 Å². The molecule has 0 amide bonds. The molecule has 0 aliphatic carbocycles. The molecular formula is C15H19NO3S. The second kappa shape index (κ2) is 5.68. The summed E-state index contributed by atoms with van der Waals surface area (Å²) in [5.41, 5.74) is 6.35. The molecule has 2 N–H and O–H groups in total. The minimum absolute atomic E-state index is 0.135. The molecule has 2 aliphatic heterocycles. The van der Waals surface area contributed by atoms with Gasteiger partial charge in [-0.1, -0.05) is 24.4 Å². The smallest absolute Gasteiger partial charge is 0.120 e. The summed E-state index contributed by atoms with van der Waals surface area (Å²) in [6.07, 6.45) is 2.90. The third kappa shape index (κ3) is 2.95. The molecule has 108 valence electrons. The van der Waals surface area contributed by atoms with Crippen LogP contribution in [0.2, 0.25) is 0 Å². The summed E-state index contributed by atoms with van der Waals surface area (Å²) in [4.78, 5) is 0.392. The topological polar surface area (TPSA) is 53.7 Å². The second-order valence-electron chi connectivity index (χ2n) is 5.46. The average Bonchev–Trinajstić information content (AvgIpc) is 2.87. The molecule has 1 aromatic rings.